The van der Waals surface area contributed by atoms with E-state index in [1.807, 2.05) is 12.1 Å². The maximum absolute atomic E-state index is 11.5. The van der Waals surface area contributed by atoms with Crippen LogP contribution in [0.1, 0.15) is 10.5 Å². The number of pyridine rings is 1. The molecule has 7 heteroatoms. The lowest BCUT2D eigenvalue weighted by molar-refractivity contribution is 0.0594. The smallest absolute Gasteiger partial charge is 0.358 e. The number of nitrogens with one attached hydrogen (secondary N) is 1. The van der Waals surface area contributed by atoms with Gasteiger partial charge in [0.2, 0.25) is 0 Å². The minimum Gasteiger partial charge on any atom is -0.464 e. The van der Waals surface area contributed by atoms with E-state index in [1.165, 1.54) is 7.11 Å². The molecule has 1 aliphatic heterocycles. The van der Waals surface area contributed by atoms with E-state index in [0.29, 0.717) is 5.69 Å². The highest BCUT2D eigenvalue weighted by atomic mass is 35.5. The molecule has 1 saturated heterocycles. The van der Waals surface area contributed by atoms with Crippen LogP contribution in [0.25, 0.3) is 0 Å². The Hall–Kier alpha value is -1.04. The molecular weight excluding hydrogens is 277 g/mol. The molecule has 0 aromatic carbocycles. The Labute approximate surface area is 119 Å². The van der Waals surface area contributed by atoms with Gasteiger partial charge in [0, 0.05) is 32.4 Å². The minimum atomic E-state index is -0.380. The van der Waals surface area contributed by atoms with Gasteiger partial charge >= 0.3 is 5.97 Å². The average Bonchev–Trinajstić information content (AvgIpc) is 2.39. The van der Waals surface area contributed by atoms with Crippen LogP contribution < -0.4 is 10.2 Å². The van der Waals surface area contributed by atoms with Crippen LogP contribution in [0, 0.1) is 0 Å². The van der Waals surface area contributed by atoms with Crippen molar-refractivity contribution in [3.05, 3.63) is 24.0 Å². The molecule has 2 rings (SSSR count). The second-order valence-corrected chi connectivity index (χ2v) is 3.60. The van der Waals surface area contributed by atoms with Crippen molar-refractivity contribution in [1.29, 1.82) is 0 Å². The standard InChI is InChI=1S/C11H15N3O2.2ClH/c1-16-11(15)10-9(3-2-4-13-10)14-7-5-12-6-8-14;;/h2-4,12H,5-8H2,1H3;2*1H. The summed E-state index contributed by atoms with van der Waals surface area (Å²) in [7, 11) is 1.37. The molecule has 1 aliphatic rings. The van der Waals surface area contributed by atoms with Gasteiger partial charge in [-0.2, -0.15) is 0 Å². The molecule has 1 fully saturated rings. The molecule has 1 aromatic rings. The van der Waals surface area contributed by atoms with Gasteiger partial charge < -0.3 is 15.0 Å². The zero-order chi connectivity index (χ0) is 11.4. The number of anilines is 1. The van der Waals surface area contributed by atoms with Crippen molar-refractivity contribution in [3.8, 4) is 0 Å². The number of piperazine rings is 1. The number of halogens is 2. The third-order valence-corrected chi connectivity index (χ3v) is 2.62. The van der Waals surface area contributed by atoms with Crippen molar-refractivity contribution in [3.63, 3.8) is 0 Å². The van der Waals surface area contributed by atoms with Gasteiger partial charge in [-0.05, 0) is 12.1 Å². The Morgan fingerprint density at radius 1 is 1.39 bits per heavy atom. The summed E-state index contributed by atoms with van der Waals surface area (Å²) in [5.74, 6) is -0.380. The van der Waals surface area contributed by atoms with E-state index >= 15 is 0 Å². The normalized spacial score (nSPS) is 14.2. The number of carbonyl (C=O) groups is 1. The summed E-state index contributed by atoms with van der Waals surface area (Å²) in [4.78, 5) is 17.8. The number of hydrogen-bond acceptors (Lipinski definition) is 5. The lowest BCUT2D eigenvalue weighted by Crippen LogP contribution is -2.44. The molecule has 2 heterocycles. The molecular formula is C11H17Cl2N3O2. The summed E-state index contributed by atoms with van der Waals surface area (Å²) in [6.07, 6.45) is 1.61. The first kappa shape index (κ1) is 17.0. The highest BCUT2D eigenvalue weighted by molar-refractivity contribution is 5.93. The Kier molecular flexibility index (Phi) is 7.66. The van der Waals surface area contributed by atoms with E-state index in [1.54, 1.807) is 6.20 Å². The second-order valence-electron chi connectivity index (χ2n) is 3.60. The van der Waals surface area contributed by atoms with E-state index in [4.69, 9.17) is 4.74 Å². The number of aromatic nitrogens is 1. The van der Waals surface area contributed by atoms with Crippen LogP contribution >= 0.6 is 24.8 Å². The molecule has 18 heavy (non-hydrogen) atoms. The summed E-state index contributed by atoms with van der Waals surface area (Å²) in [5.41, 5.74) is 1.25. The summed E-state index contributed by atoms with van der Waals surface area (Å²) < 4.78 is 4.72. The van der Waals surface area contributed by atoms with Gasteiger partial charge in [-0.15, -0.1) is 24.8 Å². The number of esters is 1. The topological polar surface area (TPSA) is 54.5 Å². The molecule has 1 aromatic heterocycles. The third-order valence-electron chi connectivity index (χ3n) is 2.62. The molecule has 0 spiro atoms. The van der Waals surface area contributed by atoms with Gasteiger partial charge in [0.1, 0.15) is 0 Å². The molecule has 5 nitrogen and oxygen atoms in total. The maximum Gasteiger partial charge on any atom is 0.358 e. The Bertz CT molecular complexity index is 384. The predicted molar refractivity (Wildman–Crippen MR) is 75.2 cm³/mol. The summed E-state index contributed by atoms with van der Waals surface area (Å²) in [5, 5.41) is 3.27. The highest BCUT2D eigenvalue weighted by Gasteiger charge is 2.19. The van der Waals surface area contributed by atoms with Gasteiger partial charge in [-0.1, -0.05) is 0 Å². The number of rotatable bonds is 2. The van der Waals surface area contributed by atoms with Crippen molar-refractivity contribution in [1.82, 2.24) is 10.3 Å². The van der Waals surface area contributed by atoms with Crippen LogP contribution in [0.3, 0.4) is 0 Å². The minimum absolute atomic E-state index is 0. The Balaban J connectivity index is 0.00000144. The molecule has 0 unspecified atom stereocenters. The number of ether oxygens (including phenoxy) is 1. The van der Waals surface area contributed by atoms with Gasteiger partial charge in [0.25, 0.3) is 0 Å². The third kappa shape index (κ3) is 3.73. The lowest BCUT2D eigenvalue weighted by atomic mass is 10.2. The number of hydrogen-bond donors (Lipinski definition) is 1. The molecule has 0 bridgehead atoms. The average molecular weight is 294 g/mol. The SMILES string of the molecule is COC(=O)c1ncccc1N1CCNCC1.Cl.Cl. The first-order valence-electron chi connectivity index (χ1n) is 5.32. The van der Waals surface area contributed by atoms with E-state index < -0.39 is 0 Å². The number of methoxy groups -OCH3 is 1. The van der Waals surface area contributed by atoms with Crippen molar-refractivity contribution in [2.24, 2.45) is 0 Å². The van der Waals surface area contributed by atoms with Crippen LogP contribution in [0.2, 0.25) is 0 Å². The molecule has 1 N–H and O–H groups in total. The van der Waals surface area contributed by atoms with Gasteiger partial charge in [0.15, 0.2) is 5.69 Å². The van der Waals surface area contributed by atoms with Crippen LogP contribution in [-0.2, 0) is 4.74 Å². The number of nitrogens with zero attached hydrogens (tertiary/aromatic N) is 2. The highest BCUT2D eigenvalue weighted by Crippen LogP contribution is 2.19. The number of carbonyl (C=O) groups excluding carboxylic acids is 1. The van der Waals surface area contributed by atoms with Crippen molar-refractivity contribution in [2.45, 2.75) is 0 Å². The van der Waals surface area contributed by atoms with Crippen LogP contribution in [0.5, 0.6) is 0 Å². The summed E-state index contributed by atoms with van der Waals surface area (Å²) in [6, 6.07) is 3.74. The van der Waals surface area contributed by atoms with Crippen molar-refractivity contribution < 1.29 is 9.53 Å². The predicted octanol–water partition coefficient (Wildman–Crippen LogP) is 1.12. The summed E-state index contributed by atoms with van der Waals surface area (Å²) >= 11 is 0. The fraction of sp³-hybridized carbons (Fsp3) is 0.455. The van der Waals surface area contributed by atoms with Gasteiger partial charge in [-0.25, -0.2) is 9.78 Å². The van der Waals surface area contributed by atoms with Gasteiger partial charge in [0.05, 0.1) is 12.8 Å². The van der Waals surface area contributed by atoms with E-state index in [9.17, 15) is 4.79 Å². The molecule has 0 radical (unpaired) electrons. The monoisotopic (exact) mass is 293 g/mol. The second kappa shape index (κ2) is 8.13. The van der Waals surface area contributed by atoms with Crippen molar-refractivity contribution >= 4 is 36.5 Å². The molecule has 0 atom stereocenters. The fourth-order valence-electron chi connectivity index (χ4n) is 1.81. The largest absolute Gasteiger partial charge is 0.464 e. The van der Waals surface area contributed by atoms with Crippen LogP contribution in [0.4, 0.5) is 5.69 Å². The summed E-state index contributed by atoms with van der Waals surface area (Å²) in [6.45, 7) is 3.62. The van der Waals surface area contributed by atoms with Crippen LogP contribution in [-0.4, -0.2) is 44.2 Å². The zero-order valence-corrected chi connectivity index (χ0v) is 11.7. The zero-order valence-electron chi connectivity index (χ0n) is 10.1. The maximum atomic E-state index is 11.5. The first-order chi connectivity index (χ1) is 7.83. The molecule has 102 valence electrons. The van der Waals surface area contributed by atoms with E-state index in [2.05, 4.69) is 15.2 Å². The Morgan fingerprint density at radius 3 is 2.67 bits per heavy atom. The lowest BCUT2D eigenvalue weighted by Gasteiger charge is -2.30. The van der Waals surface area contributed by atoms with Gasteiger partial charge in [-0.3, -0.25) is 0 Å². The van der Waals surface area contributed by atoms with Crippen LogP contribution in [0.15, 0.2) is 18.3 Å². The first-order valence-corrected chi connectivity index (χ1v) is 5.32. The van der Waals surface area contributed by atoms with Crippen molar-refractivity contribution in [2.75, 3.05) is 38.2 Å². The molecule has 0 amide bonds. The fourth-order valence-corrected chi connectivity index (χ4v) is 1.81. The quantitative estimate of drug-likeness (QED) is 0.828. The molecule has 0 aliphatic carbocycles. The Morgan fingerprint density at radius 2 is 2.06 bits per heavy atom. The molecule has 0 saturated carbocycles. The van der Waals surface area contributed by atoms with E-state index in [0.717, 1.165) is 31.9 Å². The van der Waals surface area contributed by atoms with E-state index in [-0.39, 0.29) is 30.8 Å².